The molecule has 21 heavy (non-hydrogen) atoms. The lowest BCUT2D eigenvalue weighted by atomic mass is 10.1. The van der Waals surface area contributed by atoms with Gasteiger partial charge in [0.2, 0.25) is 0 Å². The van der Waals surface area contributed by atoms with Gasteiger partial charge in [0.1, 0.15) is 5.75 Å². The normalized spacial score (nSPS) is 10.5. The summed E-state index contributed by atoms with van der Waals surface area (Å²) in [6, 6.07) is 14.7. The van der Waals surface area contributed by atoms with Crippen LogP contribution in [0.15, 0.2) is 42.5 Å². The first-order valence-electron chi connectivity index (χ1n) is 7.34. The van der Waals surface area contributed by atoms with Gasteiger partial charge < -0.3 is 15.0 Å². The quantitative estimate of drug-likeness (QED) is 0.871. The zero-order chi connectivity index (χ0) is 15.2. The van der Waals surface area contributed by atoms with E-state index in [-0.39, 0.29) is 0 Å². The summed E-state index contributed by atoms with van der Waals surface area (Å²) >= 11 is 0. The largest absolute Gasteiger partial charge is 0.495 e. The Balaban J connectivity index is 2.28. The lowest BCUT2D eigenvalue weighted by Crippen LogP contribution is -2.14. The van der Waals surface area contributed by atoms with Crippen LogP contribution in [0.2, 0.25) is 0 Å². The van der Waals surface area contributed by atoms with Crippen LogP contribution in [0.1, 0.15) is 18.1 Å². The van der Waals surface area contributed by atoms with Crippen molar-refractivity contribution in [2.45, 2.75) is 20.4 Å². The van der Waals surface area contributed by atoms with Crippen molar-refractivity contribution in [2.24, 2.45) is 0 Å². The molecule has 0 heterocycles. The molecule has 1 N–H and O–H groups in total. The number of hydrogen-bond donors (Lipinski definition) is 1. The van der Waals surface area contributed by atoms with Crippen LogP contribution in [0, 0.1) is 6.92 Å². The third kappa shape index (κ3) is 3.56. The van der Waals surface area contributed by atoms with Gasteiger partial charge in [-0.05, 0) is 42.8 Å². The molecule has 0 aliphatic heterocycles. The summed E-state index contributed by atoms with van der Waals surface area (Å²) in [7, 11) is 3.78. The molecule has 2 aromatic carbocycles. The maximum absolute atomic E-state index is 5.45. The van der Waals surface area contributed by atoms with Crippen molar-refractivity contribution in [3.8, 4) is 5.75 Å². The molecule has 0 saturated heterocycles. The molecule has 0 bridgehead atoms. The zero-order valence-corrected chi connectivity index (χ0v) is 13.3. The van der Waals surface area contributed by atoms with Crippen LogP contribution >= 0.6 is 0 Å². The average molecular weight is 284 g/mol. The number of methoxy groups -OCH3 is 1. The highest BCUT2D eigenvalue weighted by atomic mass is 16.5. The van der Waals surface area contributed by atoms with E-state index in [2.05, 4.69) is 55.4 Å². The molecule has 3 heteroatoms. The van der Waals surface area contributed by atoms with Crippen molar-refractivity contribution in [2.75, 3.05) is 25.6 Å². The lowest BCUT2D eigenvalue weighted by molar-refractivity contribution is 0.415. The minimum atomic E-state index is 0.885. The van der Waals surface area contributed by atoms with E-state index in [1.165, 1.54) is 16.8 Å². The standard InChI is InChI=1S/C18H24N2O/c1-5-19-13-15-10-11-16(14(2)12-15)20(3)17-8-6-7-9-18(17)21-4/h6-12,19H,5,13H2,1-4H3. The number of nitrogens with one attached hydrogen (secondary N) is 1. The van der Waals surface area contributed by atoms with Crippen molar-refractivity contribution in [1.82, 2.24) is 5.32 Å². The van der Waals surface area contributed by atoms with Gasteiger partial charge in [0.25, 0.3) is 0 Å². The fourth-order valence-corrected chi connectivity index (χ4v) is 2.51. The molecule has 3 nitrogen and oxygen atoms in total. The highest BCUT2D eigenvalue weighted by Crippen LogP contribution is 2.33. The Kier molecular flexibility index (Phi) is 5.23. The topological polar surface area (TPSA) is 24.5 Å². The van der Waals surface area contributed by atoms with Gasteiger partial charge >= 0.3 is 0 Å². The van der Waals surface area contributed by atoms with Gasteiger partial charge in [-0.15, -0.1) is 0 Å². The molecule has 0 saturated carbocycles. The van der Waals surface area contributed by atoms with Gasteiger partial charge in [-0.1, -0.05) is 31.2 Å². The summed E-state index contributed by atoms with van der Waals surface area (Å²) in [4.78, 5) is 2.17. The van der Waals surface area contributed by atoms with Crippen LogP contribution < -0.4 is 15.0 Å². The number of hydrogen-bond acceptors (Lipinski definition) is 3. The molecule has 2 rings (SSSR count). The summed E-state index contributed by atoms with van der Waals surface area (Å²) in [6.07, 6.45) is 0. The molecule has 0 aromatic heterocycles. The van der Waals surface area contributed by atoms with Crippen molar-refractivity contribution in [3.63, 3.8) is 0 Å². The van der Waals surface area contributed by atoms with Crippen LogP contribution in [-0.4, -0.2) is 20.7 Å². The van der Waals surface area contributed by atoms with E-state index in [0.29, 0.717) is 0 Å². The molecule has 0 spiro atoms. The Hall–Kier alpha value is -2.00. The monoisotopic (exact) mass is 284 g/mol. The van der Waals surface area contributed by atoms with Gasteiger partial charge in [-0.3, -0.25) is 0 Å². The Morgan fingerprint density at radius 3 is 2.52 bits per heavy atom. The van der Waals surface area contributed by atoms with Crippen LogP contribution in [0.5, 0.6) is 5.75 Å². The van der Waals surface area contributed by atoms with Gasteiger partial charge in [0.15, 0.2) is 0 Å². The summed E-state index contributed by atoms with van der Waals surface area (Å²) in [5.74, 6) is 0.885. The summed E-state index contributed by atoms with van der Waals surface area (Å²) in [5, 5.41) is 3.36. The smallest absolute Gasteiger partial charge is 0.142 e. The first kappa shape index (κ1) is 15.4. The second-order valence-corrected chi connectivity index (χ2v) is 5.13. The van der Waals surface area contributed by atoms with Gasteiger partial charge in [-0.2, -0.15) is 0 Å². The van der Waals surface area contributed by atoms with E-state index in [9.17, 15) is 0 Å². The molecule has 0 fully saturated rings. The molecular weight excluding hydrogens is 260 g/mol. The highest BCUT2D eigenvalue weighted by molar-refractivity contribution is 5.70. The molecule has 0 atom stereocenters. The first-order chi connectivity index (χ1) is 10.2. The zero-order valence-electron chi connectivity index (χ0n) is 13.3. The Labute approximate surface area is 127 Å². The summed E-state index contributed by atoms with van der Waals surface area (Å²) in [6.45, 7) is 6.17. The van der Waals surface area contributed by atoms with Gasteiger partial charge in [0.05, 0.1) is 12.8 Å². The predicted molar refractivity (Wildman–Crippen MR) is 89.6 cm³/mol. The van der Waals surface area contributed by atoms with Gasteiger partial charge in [0, 0.05) is 19.3 Å². The Morgan fingerprint density at radius 1 is 1.10 bits per heavy atom. The van der Waals surface area contributed by atoms with Crippen molar-refractivity contribution in [1.29, 1.82) is 0 Å². The third-order valence-electron chi connectivity index (χ3n) is 3.65. The Morgan fingerprint density at radius 2 is 1.86 bits per heavy atom. The maximum atomic E-state index is 5.45. The fraction of sp³-hybridized carbons (Fsp3) is 0.333. The second kappa shape index (κ2) is 7.14. The van der Waals surface area contributed by atoms with Gasteiger partial charge in [-0.25, -0.2) is 0 Å². The second-order valence-electron chi connectivity index (χ2n) is 5.13. The third-order valence-corrected chi connectivity index (χ3v) is 3.65. The average Bonchev–Trinajstić information content (AvgIpc) is 2.52. The van der Waals surface area contributed by atoms with E-state index < -0.39 is 0 Å². The van der Waals surface area contributed by atoms with E-state index in [1.54, 1.807) is 7.11 Å². The lowest BCUT2D eigenvalue weighted by Gasteiger charge is -2.24. The van der Waals surface area contributed by atoms with Crippen LogP contribution in [0.4, 0.5) is 11.4 Å². The van der Waals surface area contributed by atoms with Crippen molar-refractivity contribution in [3.05, 3.63) is 53.6 Å². The number of benzene rings is 2. The molecule has 0 aliphatic rings. The molecule has 0 unspecified atom stereocenters. The summed E-state index contributed by atoms with van der Waals surface area (Å²) in [5.41, 5.74) is 4.84. The number of rotatable bonds is 6. The minimum absolute atomic E-state index is 0.885. The van der Waals surface area contributed by atoms with Crippen LogP contribution in [0.3, 0.4) is 0 Å². The fourth-order valence-electron chi connectivity index (χ4n) is 2.51. The summed E-state index contributed by atoms with van der Waals surface area (Å²) < 4.78 is 5.45. The molecule has 0 amide bonds. The van der Waals surface area contributed by atoms with E-state index in [1.807, 2.05) is 18.2 Å². The SMILES string of the molecule is CCNCc1ccc(N(C)c2ccccc2OC)c(C)c1. The number of ether oxygens (including phenoxy) is 1. The maximum Gasteiger partial charge on any atom is 0.142 e. The van der Waals surface area contributed by atoms with E-state index in [0.717, 1.165) is 24.5 Å². The Bertz CT molecular complexity index is 596. The molecule has 0 radical (unpaired) electrons. The first-order valence-corrected chi connectivity index (χ1v) is 7.34. The number of para-hydroxylation sites is 2. The van der Waals surface area contributed by atoms with E-state index in [4.69, 9.17) is 4.74 Å². The molecule has 0 aliphatic carbocycles. The predicted octanol–water partition coefficient (Wildman–Crippen LogP) is 3.88. The molecular formula is C18H24N2O. The van der Waals surface area contributed by atoms with Crippen molar-refractivity contribution >= 4 is 11.4 Å². The van der Waals surface area contributed by atoms with Crippen molar-refractivity contribution < 1.29 is 4.74 Å². The minimum Gasteiger partial charge on any atom is -0.495 e. The molecule has 112 valence electrons. The number of aryl methyl sites for hydroxylation is 1. The van der Waals surface area contributed by atoms with Crippen LogP contribution in [0.25, 0.3) is 0 Å². The number of anilines is 2. The highest BCUT2D eigenvalue weighted by Gasteiger charge is 2.11. The molecule has 2 aromatic rings. The van der Waals surface area contributed by atoms with E-state index >= 15 is 0 Å². The van der Waals surface area contributed by atoms with Crippen LogP contribution in [-0.2, 0) is 6.54 Å². The number of nitrogens with zero attached hydrogens (tertiary/aromatic N) is 1.